The van der Waals surface area contributed by atoms with Crippen LogP contribution < -0.4 is 5.32 Å². The third-order valence-corrected chi connectivity index (χ3v) is 1.81. The highest BCUT2D eigenvalue weighted by Gasteiger charge is 2.20. The summed E-state index contributed by atoms with van der Waals surface area (Å²) in [5, 5.41) is 3.02. The van der Waals surface area contributed by atoms with Gasteiger partial charge in [0.2, 0.25) is 0 Å². The Bertz CT molecular complexity index is 274. The van der Waals surface area contributed by atoms with Gasteiger partial charge in [0.25, 0.3) is 0 Å². The van der Waals surface area contributed by atoms with Crippen LogP contribution in [0.25, 0.3) is 0 Å². The molecule has 1 nitrogen and oxygen atoms in total. The van der Waals surface area contributed by atoms with Crippen LogP contribution in [0.1, 0.15) is 12.8 Å². The lowest BCUT2D eigenvalue weighted by molar-refractivity contribution is 0.584. The molecule has 1 saturated carbocycles. The van der Waals surface area contributed by atoms with Crippen molar-refractivity contribution in [1.29, 1.82) is 0 Å². The highest BCUT2D eigenvalue weighted by atomic mass is 19.1. The first-order valence-electron chi connectivity index (χ1n) is 3.97. The van der Waals surface area contributed by atoms with Crippen LogP contribution in [0.15, 0.2) is 18.2 Å². The predicted molar refractivity (Wildman–Crippen MR) is 43.0 cm³/mol. The van der Waals surface area contributed by atoms with Crippen LogP contribution in [-0.4, -0.2) is 6.04 Å². The molecule has 1 fully saturated rings. The first kappa shape index (κ1) is 7.53. The Hall–Kier alpha value is -1.12. The van der Waals surface area contributed by atoms with Crippen molar-refractivity contribution in [2.24, 2.45) is 0 Å². The molecular formula is C9H9F2N. The van der Waals surface area contributed by atoms with E-state index in [2.05, 4.69) is 5.32 Å². The average molecular weight is 169 g/mol. The first-order valence-corrected chi connectivity index (χ1v) is 3.97. The van der Waals surface area contributed by atoms with Gasteiger partial charge in [0, 0.05) is 17.8 Å². The van der Waals surface area contributed by atoms with Gasteiger partial charge in [-0.2, -0.15) is 0 Å². The monoisotopic (exact) mass is 169 g/mol. The molecule has 0 bridgehead atoms. The van der Waals surface area contributed by atoms with E-state index in [1.54, 1.807) is 0 Å². The number of benzene rings is 1. The van der Waals surface area contributed by atoms with Crippen LogP contribution in [0.2, 0.25) is 0 Å². The van der Waals surface area contributed by atoms with Crippen LogP contribution in [0, 0.1) is 11.6 Å². The number of halogens is 2. The molecule has 1 aromatic rings. The largest absolute Gasteiger partial charge is 0.382 e. The van der Waals surface area contributed by atoms with Gasteiger partial charge < -0.3 is 5.32 Å². The van der Waals surface area contributed by atoms with Gasteiger partial charge in [-0.3, -0.25) is 0 Å². The van der Waals surface area contributed by atoms with Crippen molar-refractivity contribution >= 4 is 5.69 Å². The number of rotatable bonds is 2. The Morgan fingerprint density at radius 2 is 1.67 bits per heavy atom. The van der Waals surface area contributed by atoms with Gasteiger partial charge in [0.1, 0.15) is 11.6 Å². The van der Waals surface area contributed by atoms with E-state index in [0.717, 1.165) is 18.9 Å². The van der Waals surface area contributed by atoms with E-state index in [4.69, 9.17) is 0 Å². The molecule has 0 aromatic heterocycles. The zero-order valence-electron chi connectivity index (χ0n) is 6.48. The Morgan fingerprint density at radius 1 is 1.08 bits per heavy atom. The second-order valence-electron chi connectivity index (χ2n) is 3.08. The SMILES string of the molecule is Fc1cc(F)cc(NC2CC2)c1. The lowest BCUT2D eigenvalue weighted by Crippen LogP contribution is -2.01. The average Bonchev–Trinajstić information content (AvgIpc) is 2.68. The first-order chi connectivity index (χ1) is 5.74. The van der Waals surface area contributed by atoms with Gasteiger partial charge in [-0.25, -0.2) is 8.78 Å². The maximum Gasteiger partial charge on any atom is 0.128 e. The van der Waals surface area contributed by atoms with Crippen molar-refractivity contribution in [1.82, 2.24) is 0 Å². The van der Waals surface area contributed by atoms with Crippen molar-refractivity contribution in [3.05, 3.63) is 29.8 Å². The summed E-state index contributed by atoms with van der Waals surface area (Å²) in [5.74, 6) is -1.06. The second-order valence-corrected chi connectivity index (χ2v) is 3.08. The second kappa shape index (κ2) is 2.73. The van der Waals surface area contributed by atoms with E-state index < -0.39 is 11.6 Å². The van der Waals surface area contributed by atoms with Crippen LogP contribution in [0.3, 0.4) is 0 Å². The molecule has 0 amide bonds. The lowest BCUT2D eigenvalue weighted by atomic mass is 10.3. The number of hydrogen-bond acceptors (Lipinski definition) is 1. The van der Waals surface area contributed by atoms with Gasteiger partial charge in [0.15, 0.2) is 0 Å². The van der Waals surface area contributed by atoms with E-state index in [1.807, 2.05) is 0 Å². The minimum absolute atomic E-state index is 0.422. The van der Waals surface area contributed by atoms with Crippen molar-refractivity contribution in [2.75, 3.05) is 5.32 Å². The summed E-state index contributed by atoms with van der Waals surface area (Å²) in [7, 11) is 0. The van der Waals surface area contributed by atoms with Crippen LogP contribution in [0.5, 0.6) is 0 Å². The molecule has 0 saturated heterocycles. The van der Waals surface area contributed by atoms with Crippen LogP contribution >= 0.6 is 0 Å². The van der Waals surface area contributed by atoms with Gasteiger partial charge >= 0.3 is 0 Å². The predicted octanol–water partition coefficient (Wildman–Crippen LogP) is 2.54. The molecule has 0 unspecified atom stereocenters. The summed E-state index contributed by atoms with van der Waals surface area (Å²) in [4.78, 5) is 0. The standard InChI is InChI=1S/C9H9F2N/c10-6-3-7(11)5-9(4-6)12-8-1-2-8/h3-5,8,12H,1-2H2. The quantitative estimate of drug-likeness (QED) is 0.717. The molecule has 0 radical (unpaired) electrons. The summed E-state index contributed by atoms with van der Waals surface area (Å²) in [6.45, 7) is 0. The van der Waals surface area contributed by atoms with Gasteiger partial charge in [-0.05, 0) is 25.0 Å². The zero-order valence-corrected chi connectivity index (χ0v) is 6.48. The fourth-order valence-corrected chi connectivity index (χ4v) is 1.10. The van der Waals surface area contributed by atoms with Gasteiger partial charge in [-0.1, -0.05) is 0 Å². The van der Waals surface area contributed by atoms with Crippen LogP contribution in [0.4, 0.5) is 14.5 Å². The molecule has 2 rings (SSSR count). The number of hydrogen-bond donors (Lipinski definition) is 1. The Morgan fingerprint density at radius 3 is 2.17 bits per heavy atom. The minimum atomic E-state index is -0.529. The van der Waals surface area contributed by atoms with Crippen LogP contribution in [-0.2, 0) is 0 Å². The number of nitrogens with one attached hydrogen (secondary N) is 1. The summed E-state index contributed by atoms with van der Waals surface area (Å²) in [6.07, 6.45) is 2.19. The topological polar surface area (TPSA) is 12.0 Å². The Kier molecular flexibility index (Phi) is 1.71. The molecule has 0 aliphatic heterocycles. The highest BCUT2D eigenvalue weighted by Crippen LogP contribution is 2.25. The minimum Gasteiger partial charge on any atom is -0.382 e. The molecule has 1 aliphatic carbocycles. The summed E-state index contributed by atoms with van der Waals surface area (Å²) in [6, 6.07) is 3.91. The van der Waals surface area contributed by atoms with Gasteiger partial charge in [-0.15, -0.1) is 0 Å². The van der Waals surface area contributed by atoms with E-state index in [9.17, 15) is 8.78 Å². The lowest BCUT2D eigenvalue weighted by Gasteiger charge is -2.03. The highest BCUT2D eigenvalue weighted by molar-refractivity contribution is 5.45. The molecule has 3 heteroatoms. The molecule has 1 N–H and O–H groups in total. The van der Waals surface area contributed by atoms with E-state index >= 15 is 0 Å². The van der Waals surface area contributed by atoms with Crippen molar-refractivity contribution in [3.8, 4) is 0 Å². The molecular weight excluding hydrogens is 160 g/mol. The van der Waals surface area contributed by atoms with E-state index in [-0.39, 0.29) is 0 Å². The maximum atomic E-state index is 12.6. The summed E-state index contributed by atoms with van der Waals surface area (Å²) >= 11 is 0. The van der Waals surface area contributed by atoms with E-state index in [0.29, 0.717) is 11.7 Å². The molecule has 64 valence electrons. The molecule has 0 heterocycles. The summed E-state index contributed by atoms with van der Waals surface area (Å²) < 4.78 is 25.2. The molecule has 1 aromatic carbocycles. The third kappa shape index (κ3) is 1.72. The molecule has 0 atom stereocenters. The Labute approximate surface area is 69.4 Å². The fourth-order valence-electron chi connectivity index (χ4n) is 1.10. The molecule has 12 heavy (non-hydrogen) atoms. The maximum absolute atomic E-state index is 12.6. The van der Waals surface area contributed by atoms with Crippen molar-refractivity contribution in [2.45, 2.75) is 18.9 Å². The van der Waals surface area contributed by atoms with Crippen molar-refractivity contribution in [3.63, 3.8) is 0 Å². The van der Waals surface area contributed by atoms with Crippen molar-refractivity contribution < 1.29 is 8.78 Å². The normalized spacial score (nSPS) is 16.2. The summed E-state index contributed by atoms with van der Waals surface area (Å²) in [5.41, 5.74) is 0.537. The van der Waals surface area contributed by atoms with Gasteiger partial charge in [0.05, 0.1) is 0 Å². The smallest absolute Gasteiger partial charge is 0.128 e. The number of anilines is 1. The Balaban J connectivity index is 2.18. The molecule has 0 spiro atoms. The fraction of sp³-hybridized carbons (Fsp3) is 0.333. The zero-order chi connectivity index (χ0) is 8.55. The van der Waals surface area contributed by atoms with E-state index in [1.165, 1.54) is 12.1 Å². The third-order valence-electron chi connectivity index (χ3n) is 1.81. The molecule has 1 aliphatic rings.